The lowest BCUT2D eigenvalue weighted by molar-refractivity contribution is 0.170. The highest BCUT2D eigenvalue weighted by Crippen LogP contribution is 2.31. The number of nitrogens with two attached hydrogens (primary N) is 1. The van der Waals surface area contributed by atoms with Gasteiger partial charge in [-0.05, 0) is 48.6 Å². The summed E-state index contributed by atoms with van der Waals surface area (Å²) < 4.78 is 5.46. The van der Waals surface area contributed by atoms with Crippen molar-refractivity contribution >= 4 is 0 Å². The van der Waals surface area contributed by atoms with Crippen molar-refractivity contribution in [1.82, 2.24) is 0 Å². The SMILES string of the molecule is NC(C1CCOC1)C1CCc2ccccc2C1. The summed E-state index contributed by atoms with van der Waals surface area (Å²) in [6.07, 6.45) is 4.75. The summed E-state index contributed by atoms with van der Waals surface area (Å²) in [4.78, 5) is 0. The van der Waals surface area contributed by atoms with E-state index in [2.05, 4.69) is 24.3 Å². The van der Waals surface area contributed by atoms with Gasteiger partial charge in [0.05, 0.1) is 6.61 Å². The van der Waals surface area contributed by atoms with E-state index >= 15 is 0 Å². The summed E-state index contributed by atoms with van der Waals surface area (Å²) >= 11 is 0. The largest absolute Gasteiger partial charge is 0.381 e. The molecule has 2 heteroatoms. The van der Waals surface area contributed by atoms with Gasteiger partial charge in [-0.1, -0.05) is 24.3 Å². The molecule has 0 radical (unpaired) electrons. The molecule has 2 N–H and O–H groups in total. The molecule has 92 valence electrons. The molecule has 0 aromatic heterocycles. The molecule has 0 spiro atoms. The van der Waals surface area contributed by atoms with Crippen LogP contribution >= 0.6 is 0 Å². The summed E-state index contributed by atoms with van der Waals surface area (Å²) in [7, 11) is 0. The third-order valence-electron chi connectivity index (χ3n) is 4.44. The molecule has 0 amide bonds. The fourth-order valence-electron chi connectivity index (χ4n) is 3.30. The molecule has 1 aliphatic carbocycles. The number of fused-ring (bicyclic) bond motifs is 1. The van der Waals surface area contributed by atoms with Gasteiger partial charge in [0, 0.05) is 12.6 Å². The zero-order valence-corrected chi connectivity index (χ0v) is 10.3. The Morgan fingerprint density at radius 1 is 1.12 bits per heavy atom. The topological polar surface area (TPSA) is 35.2 Å². The van der Waals surface area contributed by atoms with Crippen LogP contribution < -0.4 is 5.73 Å². The average Bonchev–Trinajstić information content (AvgIpc) is 2.91. The first-order valence-corrected chi connectivity index (χ1v) is 6.74. The van der Waals surface area contributed by atoms with E-state index in [1.807, 2.05) is 0 Å². The van der Waals surface area contributed by atoms with E-state index < -0.39 is 0 Å². The first-order chi connectivity index (χ1) is 8.34. The molecule has 3 rings (SSSR count). The van der Waals surface area contributed by atoms with Crippen LogP contribution in [0.2, 0.25) is 0 Å². The Balaban J connectivity index is 1.70. The fourth-order valence-corrected chi connectivity index (χ4v) is 3.30. The van der Waals surface area contributed by atoms with Gasteiger partial charge in [-0.25, -0.2) is 0 Å². The molecule has 1 fully saturated rings. The molecule has 3 unspecified atom stereocenters. The monoisotopic (exact) mass is 231 g/mol. The number of hydrogen-bond donors (Lipinski definition) is 1. The van der Waals surface area contributed by atoms with E-state index in [0.29, 0.717) is 17.9 Å². The predicted molar refractivity (Wildman–Crippen MR) is 68.9 cm³/mol. The van der Waals surface area contributed by atoms with Crippen LogP contribution in [0.25, 0.3) is 0 Å². The van der Waals surface area contributed by atoms with Gasteiger partial charge in [-0.15, -0.1) is 0 Å². The number of rotatable bonds is 2. The number of aryl methyl sites for hydroxylation is 1. The second kappa shape index (κ2) is 4.79. The maximum atomic E-state index is 6.43. The zero-order valence-electron chi connectivity index (χ0n) is 10.3. The fraction of sp³-hybridized carbons (Fsp3) is 0.600. The molecule has 1 aromatic carbocycles. The number of hydrogen-bond acceptors (Lipinski definition) is 2. The quantitative estimate of drug-likeness (QED) is 0.846. The second-order valence-electron chi connectivity index (χ2n) is 5.47. The van der Waals surface area contributed by atoms with Crippen LogP contribution in [-0.4, -0.2) is 19.3 Å². The van der Waals surface area contributed by atoms with Crippen molar-refractivity contribution < 1.29 is 4.74 Å². The van der Waals surface area contributed by atoms with E-state index in [1.165, 1.54) is 24.0 Å². The molecule has 2 aliphatic rings. The first kappa shape index (κ1) is 11.2. The van der Waals surface area contributed by atoms with Crippen molar-refractivity contribution in [3.8, 4) is 0 Å². The Kier molecular flexibility index (Phi) is 3.17. The van der Waals surface area contributed by atoms with Crippen molar-refractivity contribution in [3.63, 3.8) is 0 Å². The Labute approximate surface area is 103 Å². The Morgan fingerprint density at radius 3 is 2.71 bits per heavy atom. The zero-order chi connectivity index (χ0) is 11.7. The van der Waals surface area contributed by atoms with Gasteiger partial charge in [-0.3, -0.25) is 0 Å². The van der Waals surface area contributed by atoms with Crippen LogP contribution in [0.15, 0.2) is 24.3 Å². The van der Waals surface area contributed by atoms with Gasteiger partial charge in [0.1, 0.15) is 0 Å². The van der Waals surface area contributed by atoms with Gasteiger partial charge in [0.15, 0.2) is 0 Å². The molecule has 1 aromatic rings. The van der Waals surface area contributed by atoms with Crippen molar-refractivity contribution in [1.29, 1.82) is 0 Å². The van der Waals surface area contributed by atoms with Crippen molar-refractivity contribution in [3.05, 3.63) is 35.4 Å². The third-order valence-corrected chi connectivity index (χ3v) is 4.44. The second-order valence-corrected chi connectivity index (χ2v) is 5.47. The Bertz CT molecular complexity index is 384. The molecule has 0 bridgehead atoms. The van der Waals surface area contributed by atoms with Gasteiger partial charge >= 0.3 is 0 Å². The smallest absolute Gasteiger partial charge is 0.0510 e. The molecular weight excluding hydrogens is 210 g/mol. The number of benzene rings is 1. The molecule has 1 aliphatic heterocycles. The lowest BCUT2D eigenvalue weighted by Crippen LogP contribution is -2.40. The molecule has 2 nitrogen and oxygen atoms in total. The standard InChI is InChI=1S/C15H21NO/c16-15(14-7-8-17-10-14)13-6-5-11-3-1-2-4-12(11)9-13/h1-4,13-15H,5-10,16H2. The number of ether oxygens (including phenoxy) is 1. The van der Waals surface area contributed by atoms with Crippen LogP contribution in [0, 0.1) is 11.8 Å². The highest BCUT2D eigenvalue weighted by Gasteiger charge is 2.31. The maximum Gasteiger partial charge on any atom is 0.0510 e. The van der Waals surface area contributed by atoms with Crippen LogP contribution in [0.5, 0.6) is 0 Å². The first-order valence-electron chi connectivity index (χ1n) is 6.74. The summed E-state index contributed by atoms with van der Waals surface area (Å²) in [5, 5.41) is 0. The molecule has 17 heavy (non-hydrogen) atoms. The molecule has 3 atom stereocenters. The van der Waals surface area contributed by atoms with Crippen LogP contribution in [0.4, 0.5) is 0 Å². The molecule has 1 saturated heterocycles. The van der Waals surface area contributed by atoms with E-state index in [1.54, 1.807) is 0 Å². The van der Waals surface area contributed by atoms with Gasteiger partial charge < -0.3 is 10.5 Å². The van der Waals surface area contributed by atoms with Gasteiger partial charge in [0.25, 0.3) is 0 Å². The Morgan fingerprint density at radius 2 is 1.94 bits per heavy atom. The van der Waals surface area contributed by atoms with Crippen LogP contribution in [0.3, 0.4) is 0 Å². The summed E-state index contributed by atoms with van der Waals surface area (Å²) in [6, 6.07) is 9.13. The van der Waals surface area contributed by atoms with Crippen molar-refractivity contribution in [2.45, 2.75) is 31.7 Å². The average molecular weight is 231 g/mol. The van der Waals surface area contributed by atoms with Crippen molar-refractivity contribution in [2.24, 2.45) is 17.6 Å². The Hall–Kier alpha value is -0.860. The van der Waals surface area contributed by atoms with Crippen LogP contribution in [-0.2, 0) is 17.6 Å². The maximum absolute atomic E-state index is 6.43. The van der Waals surface area contributed by atoms with Gasteiger partial charge in [-0.2, -0.15) is 0 Å². The highest BCUT2D eigenvalue weighted by molar-refractivity contribution is 5.30. The summed E-state index contributed by atoms with van der Waals surface area (Å²) in [6.45, 7) is 1.78. The molecule has 0 saturated carbocycles. The lowest BCUT2D eigenvalue weighted by Gasteiger charge is -2.32. The normalized spacial score (nSPS) is 29.9. The van der Waals surface area contributed by atoms with E-state index in [0.717, 1.165) is 26.1 Å². The third kappa shape index (κ3) is 2.24. The van der Waals surface area contributed by atoms with Crippen LogP contribution in [0.1, 0.15) is 24.0 Å². The summed E-state index contributed by atoms with van der Waals surface area (Å²) in [5.74, 6) is 1.24. The predicted octanol–water partition coefficient (Wildman–Crippen LogP) is 2.16. The minimum Gasteiger partial charge on any atom is -0.381 e. The lowest BCUT2D eigenvalue weighted by atomic mass is 9.76. The van der Waals surface area contributed by atoms with E-state index in [9.17, 15) is 0 Å². The van der Waals surface area contributed by atoms with E-state index in [4.69, 9.17) is 10.5 Å². The van der Waals surface area contributed by atoms with Crippen molar-refractivity contribution in [2.75, 3.05) is 13.2 Å². The molecule has 1 heterocycles. The van der Waals surface area contributed by atoms with E-state index in [-0.39, 0.29) is 0 Å². The minimum atomic E-state index is 0.325. The molecular formula is C15H21NO. The minimum absolute atomic E-state index is 0.325. The summed E-state index contributed by atoms with van der Waals surface area (Å²) in [5.41, 5.74) is 9.47. The van der Waals surface area contributed by atoms with Gasteiger partial charge in [0.2, 0.25) is 0 Å². The highest BCUT2D eigenvalue weighted by atomic mass is 16.5.